The number of aliphatic hydroxyl groups is 1. The van der Waals surface area contributed by atoms with Crippen LogP contribution in [0.4, 0.5) is 13.2 Å². The minimum atomic E-state index is -4.47. The van der Waals surface area contributed by atoms with Gasteiger partial charge in [-0.1, -0.05) is 13.3 Å². The van der Waals surface area contributed by atoms with Crippen molar-refractivity contribution in [2.24, 2.45) is 0 Å². The fourth-order valence-corrected chi connectivity index (χ4v) is 0.357. The van der Waals surface area contributed by atoms with Crippen molar-refractivity contribution in [3.63, 3.8) is 0 Å². The van der Waals surface area contributed by atoms with Crippen LogP contribution in [0.2, 0.25) is 0 Å². The van der Waals surface area contributed by atoms with Crippen LogP contribution in [0.5, 0.6) is 0 Å². The van der Waals surface area contributed by atoms with Crippen molar-refractivity contribution in [2.75, 3.05) is 0 Å². The molecule has 0 fully saturated rings. The molecule has 55 valence electrons. The molecule has 1 radical (unpaired) electrons. The predicted octanol–water partition coefficient (Wildman–Crippen LogP) is 1.52. The Hall–Kier alpha value is -0.250. The minimum absolute atomic E-state index is 0.0979. The molecule has 0 aliphatic rings. The maximum absolute atomic E-state index is 11.4. The van der Waals surface area contributed by atoms with E-state index in [0.29, 0.717) is 0 Å². The Morgan fingerprint density at radius 1 is 1.44 bits per heavy atom. The molecule has 0 amide bonds. The van der Waals surface area contributed by atoms with Crippen LogP contribution >= 0.6 is 0 Å². The van der Waals surface area contributed by atoms with E-state index < -0.39 is 12.3 Å². The number of alkyl halides is 3. The normalized spacial score (nSPS) is 15.7. The van der Waals surface area contributed by atoms with Crippen molar-refractivity contribution in [3.05, 3.63) is 6.92 Å². The summed E-state index contributed by atoms with van der Waals surface area (Å²) >= 11 is 0. The van der Waals surface area contributed by atoms with Gasteiger partial charge in [-0.25, -0.2) is 0 Å². The quantitative estimate of drug-likeness (QED) is 0.618. The first-order valence-electron chi connectivity index (χ1n) is 2.52. The van der Waals surface area contributed by atoms with Crippen LogP contribution in [0.25, 0.3) is 0 Å². The number of hydrogen-bond acceptors (Lipinski definition) is 1. The molecule has 0 aromatic rings. The molecular weight excluding hydrogens is 133 g/mol. The molecule has 0 aliphatic carbocycles. The van der Waals surface area contributed by atoms with E-state index in [0.717, 1.165) is 0 Å². The fourth-order valence-electron chi connectivity index (χ4n) is 0.357. The van der Waals surface area contributed by atoms with Gasteiger partial charge in [0.25, 0.3) is 0 Å². The highest BCUT2D eigenvalue weighted by molar-refractivity contribution is 4.64. The van der Waals surface area contributed by atoms with Gasteiger partial charge in [-0.3, -0.25) is 0 Å². The molecule has 0 saturated carbocycles. The largest absolute Gasteiger partial charge is 0.414 e. The summed E-state index contributed by atoms with van der Waals surface area (Å²) in [6.07, 6.45) is -6.89. The number of halogens is 3. The van der Waals surface area contributed by atoms with Crippen molar-refractivity contribution in [2.45, 2.75) is 25.1 Å². The van der Waals surface area contributed by atoms with Crippen LogP contribution in [-0.4, -0.2) is 17.4 Å². The lowest BCUT2D eigenvalue weighted by atomic mass is 10.2. The Balaban J connectivity index is 3.59. The van der Waals surface area contributed by atoms with Gasteiger partial charge in [0, 0.05) is 0 Å². The standard InChI is InChI=1S/C5H8F3O/c1-2-3-4(9)5(6,7)8/h4,9H,1-3H2. The van der Waals surface area contributed by atoms with E-state index in [-0.39, 0.29) is 12.8 Å². The molecule has 1 atom stereocenters. The van der Waals surface area contributed by atoms with Crippen LogP contribution < -0.4 is 0 Å². The van der Waals surface area contributed by atoms with Crippen molar-refractivity contribution in [1.29, 1.82) is 0 Å². The molecule has 1 N–H and O–H groups in total. The van der Waals surface area contributed by atoms with E-state index in [4.69, 9.17) is 5.11 Å². The number of hydrogen-bond donors (Lipinski definition) is 1. The van der Waals surface area contributed by atoms with Gasteiger partial charge in [-0.05, 0) is 6.42 Å². The van der Waals surface area contributed by atoms with Crippen molar-refractivity contribution >= 4 is 0 Å². The van der Waals surface area contributed by atoms with E-state index in [1.807, 2.05) is 0 Å². The molecule has 0 aromatic carbocycles. The molecule has 4 heteroatoms. The summed E-state index contributed by atoms with van der Waals surface area (Å²) in [5.41, 5.74) is 0. The SMILES string of the molecule is [CH2]CCC(O)C(F)(F)F. The molecule has 1 unspecified atom stereocenters. The molecule has 1 nitrogen and oxygen atoms in total. The predicted molar refractivity (Wildman–Crippen MR) is 26.7 cm³/mol. The van der Waals surface area contributed by atoms with Crippen molar-refractivity contribution in [3.8, 4) is 0 Å². The zero-order valence-corrected chi connectivity index (χ0v) is 4.78. The average molecular weight is 141 g/mol. The number of aliphatic hydroxyl groups excluding tert-OH is 1. The van der Waals surface area contributed by atoms with Crippen molar-refractivity contribution < 1.29 is 18.3 Å². The molecule has 0 bridgehead atoms. The monoisotopic (exact) mass is 141 g/mol. The molecule has 0 saturated heterocycles. The second-order valence-electron chi connectivity index (χ2n) is 1.70. The molecular formula is C5H8F3O. The third-order valence-corrected chi connectivity index (χ3v) is 0.855. The molecule has 0 aliphatic heterocycles. The van der Waals surface area contributed by atoms with Gasteiger partial charge in [0.05, 0.1) is 0 Å². The maximum Gasteiger partial charge on any atom is 0.414 e. The first-order valence-corrected chi connectivity index (χ1v) is 2.52. The molecule has 0 spiro atoms. The zero-order valence-electron chi connectivity index (χ0n) is 4.78. The van der Waals surface area contributed by atoms with Gasteiger partial charge in [-0.15, -0.1) is 0 Å². The summed E-state index contributed by atoms with van der Waals surface area (Å²) in [5, 5.41) is 8.22. The Morgan fingerprint density at radius 3 is 2.00 bits per heavy atom. The van der Waals surface area contributed by atoms with Crippen molar-refractivity contribution in [1.82, 2.24) is 0 Å². The van der Waals surface area contributed by atoms with E-state index in [1.165, 1.54) is 0 Å². The zero-order chi connectivity index (χ0) is 7.49. The van der Waals surface area contributed by atoms with E-state index >= 15 is 0 Å². The van der Waals surface area contributed by atoms with Crippen LogP contribution in [0, 0.1) is 6.92 Å². The summed E-state index contributed by atoms with van der Waals surface area (Å²) in [6.45, 7) is 3.18. The second kappa shape index (κ2) is 3.06. The highest BCUT2D eigenvalue weighted by Crippen LogP contribution is 2.22. The van der Waals surface area contributed by atoms with Crippen LogP contribution in [0.15, 0.2) is 0 Å². The van der Waals surface area contributed by atoms with Gasteiger partial charge in [-0.2, -0.15) is 13.2 Å². The smallest absolute Gasteiger partial charge is 0.384 e. The number of rotatable bonds is 2. The Bertz CT molecular complexity index is 78.8. The van der Waals surface area contributed by atoms with E-state index in [2.05, 4.69) is 6.92 Å². The van der Waals surface area contributed by atoms with Gasteiger partial charge in [0.1, 0.15) is 6.10 Å². The first kappa shape index (κ1) is 8.75. The van der Waals surface area contributed by atoms with Crippen LogP contribution in [0.1, 0.15) is 12.8 Å². The van der Waals surface area contributed by atoms with Gasteiger partial charge >= 0.3 is 6.18 Å². The summed E-state index contributed by atoms with van der Waals surface area (Å²) in [4.78, 5) is 0. The summed E-state index contributed by atoms with van der Waals surface area (Å²) in [7, 11) is 0. The van der Waals surface area contributed by atoms with E-state index in [1.54, 1.807) is 0 Å². The average Bonchev–Trinajstić information content (AvgIpc) is 1.64. The molecule has 0 heterocycles. The first-order chi connectivity index (χ1) is 3.98. The van der Waals surface area contributed by atoms with Gasteiger partial charge in [0.2, 0.25) is 0 Å². The van der Waals surface area contributed by atoms with Gasteiger partial charge in [0.15, 0.2) is 0 Å². The fraction of sp³-hybridized carbons (Fsp3) is 0.800. The molecule has 9 heavy (non-hydrogen) atoms. The van der Waals surface area contributed by atoms with Crippen LogP contribution in [-0.2, 0) is 0 Å². The lowest BCUT2D eigenvalue weighted by molar-refractivity contribution is -0.205. The Labute approximate surface area is 51.5 Å². The van der Waals surface area contributed by atoms with Crippen LogP contribution in [0.3, 0.4) is 0 Å². The second-order valence-corrected chi connectivity index (χ2v) is 1.70. The van der Waals surface area contributed by atoms with Gasteiger partial charge < -0.3 is 5.11 Å². The Kier molecular flexibility index (Phi) is 2.97. The molecule has 0 aromatic heterocycles. The Morgan fingerprint density at radius 2 is 1.89 bits per heavy atom. The topological polar surface area (TPSA) is 20.2 Å². The summed E-state index contributed by atoms with van der Waals surface area (Å²) < 4.78 is 34.1. The third-order valence-electron chi connectivity index (χ3n) is 0.855. The summed E-state index contributed by atoms with van der Waals surface area (Å²) in [6, 6.07) is 0. The van der Waals surface area contributed by atoms with E-state index in [9.17, 15) is 13.2 Å². The lowest BCUT2D eigenvalue weighted by Gasteiger charge is -2.12. The minimum Gasteiger partial charge on any atom is -0.384 e. The maximum atomic E-state index is 11.4. The third kappa shape index (κ3) is 3.35. The lowest BCUT2D eigenvalue weighted by Crippen LogP contribution is -2.27. The summed E-state index contributed by atoms with van der Waals surface area (Å²) in [5.74, 6) is 0. The highest BCUT2D eigenvalue weighted by atomic mass is 19.4. The highest BCUT2D eigenvalue weighted by Gasteiger charge is 2.36. The molecule has 0 rings (SSSR count).